The molecule has 2 aromatic rings. The predicted octanol–water partition coefficient (Wildman–Crippen LogP) is 3.43. The van der Waals surface area contributed by atoms with E-state index < -0.39 is 0 Å². The van der Waals surface area contributed by atoms with Crippen LogP contribution in [-0.4, -0.2) is 4.98 Å². The van der Waals surface area contributed by atoms with Gasteiger partial charge in [0.2, 0.25) is 0 Å². The molecule has 2 heteroatoms. The first kappa shape index (κ1) is 10.3. The van der Waals surface area contributed by atoms with E-state index in [-0.39, 0.29) is 0 Å². The highest BCUT2D eigenvalue weighted by molar-refractivity contribution is 5.52. The van der Waals surface area contributed by atoms with Gasteiger partial charge < -0.3 is 5.32 Å². The molecule has 0 bridgehead atoms. The van der Waals surface area contributed by atoms with E-state index in [0.29, 0.717) is 12.0 Å². The quantitative estimate of drug-likeness (QED) is 0.802. The van der Waals surface area contributed by atoms with Crippen LogP contribution in [0.1, 0.15) is 24.2 Å². The number of pyridine rings is 1. The number of nitrogens with one attached hydrogen (secondary N) is 1. The highest BCUT2D eigenvalue weighted by Gasteiger charge is 2.26. The van der Waals surface area contributed by atoms with Crippen molar-refractivity contribution in [3.05, 3.63) is 59.9 Å². The van der Waals surface area contributed by atoms with Crippen molar-refractivity contribution < 1.29 is 0 Å². The Hall–Kier alpha value is -1.83. The van der Waals surface area contributed by atoms with Crippen LogP contribution in [0, 0.1) is 5.92 Å². The predicted molar refractivity (Wildman–Crippen MR) is 69.9 cm³/mol. The number of hydrogen-bond acceptors (Lipinski definition) is 2. The third kappa shape index (κ3) is 1.91. The summed E-state index contributed by atoms with van der Waals surface area (Å²) in [4.78, 5) is 4.44. The van der Waals surface area contributed by atoms with Crippen LogP contribution in [0.15, 0.2) is 48.7 Å². The van der Waals surface area contributed by atoms with Crippen LogP contribution in [0.4, 0.5) is 5.69 Å². The topological polar surface area (TPSA) is 24.9 Å². The lowest BCUT2D eigenvalue weighted by molar-refractivity contribution is 0.472. The van der Waals surface area contributed by atoms with Crippen LogP contribution in [0.2, 0.25) is 0 Å². The highest BCUT2D eigenvalue weighted by atomic mass is 15.0. The molecule has 2 nitrogen and oxygen atoms in total. The zero-order valence-electron chi connectivity index (χ0n) is 9.93. The van der Waals surface area contributed by atoms with Crippen molar-refractivity contribution in [2.75, 3.05) is 5.32 Å². The van der Waals surface area contributed by atoms with Gasteiger partial charge in [0.25, 0.3) is 0 Å². The Balaban J connectivity index is 1.95. The Bertz CT molecular complexity index is 507. The Labute approximate surface area is 102 Å². The van der Waals surface area contributed by atoms with Gasteiger partial charge in [-0.05, 0) is 30.0 Å². The molecule has 1 aromatic carbocycles. The fraction of sp³-hybridized carbons (Fsp3) is 0.267. The summed E-state index contributed by atoms with van der Waals surface area (Å²) in [5, 5.41) is 3.60. The third-order valence-corrected chi connectivity index (χ3v) is 3.44. The van der Waals surface area contributed by atoms with Crippen LogP contribution in [0.5, 0.6) is 0 Å². The van der Waals surface area contributed by atoms with Gasteiger partial charge in [-0.1, -0.05) is 37.3 Å². The van der Waals surface area contributed by atoms with Crippen molar-refractivity contribution in [1.82, 2.24) is 4.98 Å². The average Bonchev–Trinajstić information content (AvgIpc) is 2.39. The molecular formula is C15H16N2. The molecule has 0 radical (unpaired) electrons. The van der Waals surface area contributed by atoms with E-state index in [9.17, 15) is 0 Å². The Morgan fingerprint density at radius 1 is 1.12 bits per heavy atom. The monoisotopic (exact) mass is 224 g/mol. The van der Waals surface area contributed by atoms with Crippen molar-refractivity contribution in [3.63, 3.8) is 0 Å². The van der Waals surface area contributed by atoms with Gasteiger partial charge in [0, 0.05) is 6.20 Å². The van der Waals surface area contributed by atoms with E-state index in [1.807, 2.05) is 12.3 Å². The highest BCUT2D eigenvalue weighted by Crippen LogP contribution is 2.35. The fourth-order valence-electron chi connectivity index (χ4n) is 2.54. The molecule has 86 valence electrons. The van der Waals surface area contributed by atoms with Crippen molar-refractivity contribution >= 4 is 5.69 Å². The summed E-state index contributed by atoms with van der Waals surface area (Å²) < 4.78 is 0. The first-order valence-corrected chi connectivity index (χ1v) is 6.10. The van der Waals surface area contributed by atoms with Crippen molar-refractivity contribution in [2.24, 2.45) is 5.92 Å². The Morgan fingerprint density at radius 3 is 2.76 bits per heavy atom. The number of aromatic nitrogens is 1. The molecule has 0 amide bonds. The van der Waals surface area contributed by atoms with E-state index >= 15 is 0 Å². The Morgan fingerprint density at radius 2 is 1.94 bits per heavy atom. The molecule has 1 aliphatic heterocycles. The molecule has 2 heterocycles. The van der Waals surface area contributed by atoms with Crippen LogP contribution < -0.4 is 5.32 Å². The zero-order valence-corrected chi connectivity index (χ0v) is 9.93. The van der Waals surface area contributed by atoms with Crippen LogP contribution in [-0.2, 0) is 6.42 Å². The number of fused-ring (bicyclic) bond motifs is 1. The second-order valence-corrected chi connectivity index (χ2v) is 4.71. The van der Waals surface area contributed by atoms with E-state index in [1.165, 1.54) is 16.9 Å². The number of anilines is 1. The summed E-state index contributed by atoms with van der Waals surface area (Å²) >= 11 is 0. The van der Waals surface area contributed by atoms with Gasteiger partial charge in [-0.2, -0.15) is 0 Å². The molecule has 1 aliphatic rings. The second kappa shape index (κ2) is 4.21. The van der Waals surface area contributed by atoms with Crippen LogP contribution >= 0.6 is 0 Å². The number of benzene rings is 1. The van der Waals surface area contributed by atoms with E-state index in [0.717, 1.165) is 6.42 Å². The van der Waals surface area contributed by atoms with Gasteiger partial charge in [-0.15, -0.1) is 0 Å². The fourth-order valence-corrected chi connectivity index (χ4v) is 2.54. The first-order valence-electron chi connectivity index (χ1n) is 6.10. The molecule has 2 atom stereocenters. The molecule has 1 aromatic heterocycles. The summed E-state index contributed by atoms with van der Waals surface area (Å²) in [6, 6.07) is 15.1. The van der Waals surface area contributed by atoms with E-state index in [4.69, 9.17) is 0 Å². The second-order valence-electron chi connectivity index (χ2n) is 4.71. The lowest BCUT2D eigenvalue weighted by atomic mass is 9.87. The lowest BCUT2D eigenvalue weighted by Crippen LogP contribution is -2.26. The minimum atomic E-state index is 0.396. The van der Waals surface area contributed by atoms with Crippen LogP contribution in [0.3, 0.4) is 0 Å². The zero-order chi connectivity index (χ0) is 11.7. The van der Waals surface area contributed by atoms with E-state index in [2.05, 4.69) is 53.6 Å². The minimum absolute atomic E-state index is 0.396. The standard InChI is InChI=1S/C15H16N2/c1-11-10-14-13(8-5-9-16-14)17-15(11)12-6-3-2-4-7-12/h2-9,11,15,17H,10H2,1H3/t11-,15-/m0/s1. The maximum absolute atomic E-state index is 4.44. The number of hydrogen-bond donors (Lipinski definition) is 1. The van der Waals surface area contributed by atoms with Crippen LogP contribution in [0.25, 0.3) is 0 Å². The molecular weight excluding hydrogens is 208 g/mol. The van der Waals surface area contributed by atoms with Gasteiger partial charge in [0.1, 0.15) is 0 Å². The SMILES string of the molecule is C[C@H]1Cc2ncccc2N[C@@H]1c1ccccc1. The normalized spacial score (nSPS) is 22.6. The molecule has 0 aliphatic carbocycles. The molecule has 0 saturated heterocycles. The molecule has 0 saturated carbocycles. The summed E-state index contributed by atoms with van der Waals surface area (Å²) in [5.41, 5.74) is 3.72. The molecule has 0 spiro atoms. The number of rotatable bonds is 1. The average molecular weight is 224 g/mol. The van der Waals surface area contributed by atoms with Gasteiger partial charge in [0.05, 0.1) is 17.4 Å². The van der Waals surface area contributed by atoms with Crippen molar-refractivity contribution in [1.29, 1.82) is 0 Å². The van der Waals surface area contributed by atoms with Crippen molar-refractivity contribution in [3.8, 4) is 0 Å². The molecule has 0 unspecified atom stereocenters. The molecule has 0 fully saturated rings. The first-order chi connectivity index (χ1) is 8.34. The number of nitrogens with zero attached hydrogens (tertiary/aromatic N) is 1. The molecule has 3 rings (SSSR count). The summed E-state index contributed by atoms with van der Waals surface area (Å²) in [6.45, 7) is 2.28. The largest absolute Gasteiger partial charge is 0.376 e. The summed E-state index contributed by atoms with van der Waals surface area (Å²) in [5.74, 6) is 0.569. The smallest absolute Gasteiger partial charge is 0.0638 e. The maximum atomic E-state index is 4.44. The Kier molecular flexibility index (Phi) is 2.56. The van der Waals surface area contributed by atoms with Gasteiger partial charge in [-0.25, -0.2) is 0 Å². The van der Waals surface area contributed by atoms with Gasteiger partial charge >= 0.3 is 0 Å². The summed E-state index contributed by atoms with van der Waals surface area (Å²) in [6.07, 6.45) is 2.92. The third-order valence-electron chi connectivity index (χ3n) is 3.44. The van der Waals surface area contributed by atoms with Crippen molar-refractivity contribution in [2.45, 2.75) is 19.4 Å². The summed E-state index contributed by atoms with van der Waals surface area (Å²) in [7, 11) is 0. The van der Waals surface area contributed by atoms with E-state index in [1.54, 1.807) is 0 Å². The molecule has 17 heavy (non-hydrogen) atoms. The minimum Gasteiger partial charge on any atom is -0.376 e. The molecule has 1 N–H and O–H groups in total. The van der Waals surface area contributed by atoms with Gasteiger partial charge in [0.15, 0.2) is 0 Å². The van der Waals surface area contributed by atoms with Gasteiger partial charge in [-0.3, -0.25) is 4.98 Å². The lowest BCUT2D eigenvalue weighted by Gasteiger charge is -2.32. The maximum Gasteiger partial charge on any atom is 0.0638 e.